The molecule has 4 aromatic rings. The molecule has 0 spiro atoms. The Kier molecular flexibility index (Phi) is 6.46. The zero-order chi connectivity index (χ0) is 24.6. The van der Waals surface area contributed by atoms with Crippen LogP contribution in [-0.2, 0) is 11.3 Å². The number of carbonyl (C=O) groups is 1. The molecule has 0 radical (unpaired) electrons. The molecule has 0 bridgehead atoms. The first-order valence-corrected chi connectivity index (χ1v) is 13.3. The van der Waals surface area contributed by atoms with Crippen LogP contribution in [-0.4, -0.2) is 51.3 Å². The summed E-state index contributed by atoms with van der Waals surface area (Å²) in [7, 11) is 0. The Balaban J connectivity index is 1.33. The summed E-state index contributed by atoms with van der Waals surface area (Å²) in [6.07, 6.45) is 5.45. The molecule has 2 aliphatic rings. The third kappa shape index (κ3) is 4.63. The van der Waals surface area contributed by atoms with E-state index < -0.39 is 0 Å². The molecule has 1 aliphatic carbocycles. The van der Waals surface area contributed by atoms with Gasteiger partial charge in [0.05, 0.1) is 11.4 Å². The molecule has 184 valence electrons. The summed E-state index contributed by atoms with van der Waals surface area (Å²) in [6.45, 7) is 4.05. The number of imidazole rings is 1. The molecule has 1 saturated carbocycles. The Labute approximate surface area is 221 Å². The molecule has 3 heterocycles. The molecule has 7 heteroatoms. The van der Waals surface area contributed by atoms with Crippen molar-refractivity contribution >= 4 is 34.8 Å². The average Bonchev–Trinajstić information content (AvgIpc) is 3.21. The lowest BCUT2D eigenvalue weighted by molar-refractivity contribution is -0.140. The standard InChI is InChI=1S/C29H28Cl2N4O/c30-24-10-7-20(8-11-24)28-26(19-33-13-15-34(16-14-33)29(36)21-3-1-4-21)35-18-23(9-12-27(35)32-28)22-5-2-6-25(31)17-22/h2,5-12,17-18,21H,1,3-4,13-16,19H2. The molecular weight excluding hydrogens is 491 g/mol. The van der Waals surface area contributed by atoms with Gasteiger partial charge in [0.2, 0.25) is 5.91 Å². The zero-order valence-corrected chi connectivity index (χ0v) is 21.5. The Hall–Kier alpha value is -2.86. The van der Waals surface area contributed by atoms with Crippen molar-refractivity contribution in [3.8, 4) is 22.4 Å². The first-order valence-electron chi connectivity index (χ1n) is 12.6. The van der Waals surface area contributed by atoms with Crippen molar-refractivity contribution in [2.24, 2.45) is 5.92 Å². The third-order valence-electron chi connectivity index (χ3n) is 7.50. The largest absolute Gasteiger partial charge is 0.340 e. The molecule has 36 heavy (non-hydrogen) atoms. The van der Waals surface area contributed by atoms with E-state index >= 15 is 0 Å². The number of benzene rings is 2. The Morgan fingerprint density at radius 3 is 2.31 bits per heavy atom. The Bertz CT molecular complexity index is 1400. The van der Waals surface area contributed by atoms with Gasteiger partial charge < -0.3 is 9.30 Å². The highest BCUT2D eigenvalue weighted by Crippen LogP contribution is 2.31. The second-order valence-corrected chi connectivity index (χ2v) is 10.7. The molecule has 1 amide bonds. The van der Waals surface area contributed by atoms with Gasteiger partial charge in [-0.3, -0.25) is 9.69 Å². The van der Waals surface area contributed by atoms with Crippen molar-refractivity contribution in [3.63, 3.8) is 0 Å². The zero-order valence-electron chi connectivity index (χ0n) is 20.0. The van der Waals surface area contributed by atoms with Crippen LogP contribution in [0.2, 0.25) is 10.0 Å². The molecule has 1 aliphatic heterocycles. The number of halogens is 2. The topological polar surface area (TPSA) is 40.9 Å². The van der Waals surface area contributed by atoms with Crippen LogP contribution in [0.5, 0.6) is 0 Å². The molecule has 0 unspecified atom stereocenters. The molecule has 5 nitrogen and oxygen atoms in total. The van der Waals surface area contributed by atoms with Crippen LogP contribution in [0.25, 0.3) is 28.0 Å². The molecule has 0 N–H and O–H groups in total. The van der Waals surface area contributed by atoms with E-state index in [-0.39, 0.29) is 5.92 Å². The van der Waals surface area contributed by atoms with Gasteiger partial charge in [0.15, 0.2) is 0 Å². The first kappa shape index (κ1) is 23.5. The van der Waals surface area contributed by atoms with Crippen LogP contribution < -0.4 is 0 Å². The van der Waals surface area contributed by atoms with Crippen molar-refractivity contribution in [1.29, 1.82) is 0 Å². The fourth-order valence-electron chi connectivity index (χ4n) is 5.17. The lowest BCUT2D eigenvalue weighted by atomic mass is 9.84. The molecular formula is C29H28Cl2N4O. The van der Waals surface area contributed by atoms with Crippen LogP contribution in [0.4, 0.5) is 0 Å². The molecule has 0 atom stereocenters. The highest BCUT2D eigenvalue weighted by Gasteiger charge is 2.31. The van der Waals surface area contributed by atoms with Crippen molar-refractivity contribution < 1.29 is 4.79 Å². The van der Waals surface area contributed by atoms with E-state index in [9.17, 15) is 4.79 Å². The highest BCUT2D eigenvalue weighted by atomic mass is 35.5. The van der Waals surface area contributed by atoms with Crippen LogP contribution in [0.3, 0.4) is 0 Å². The number of aromatic nitrogens is 2. The SMILES string of the molecule is O=C(C1CCC1)N1CCN(Cc2c(-c3ccc(Cl)cc3)nc3ccc(-c4cccc(Cl)c4)cn23)CC1. The minimum absolute atomic E-state index is 0.261. The smallest absolute Gasteiger partial charge is 0.225 e. The second-order valence-electron chi connectivity index (χ2n) is 9.80. The summed E-state index contributed by atoms with van der Waals surface area (Å²) in [5.74, 6) is 0.612. The maximum atomic E-state index is 12.7. The average molecular weight is 519 g/mol. The quantitative estimate of drug-likeness (QED) is 0.306. The van der Waals surface area contributed by atoms with Gasteiger partial charge in [-0.15, -0.1) is 0 Å². The number of fused-ring (bicyclic) bond motifs is 1. The molecule has 1 saturated heterocycles. The number of pyridine rings is 1. The van der Waals surface area contributed by atoms with Gasteiger partial charge in [-0.05, 0) is 60.4 Å². The normalized spacial score (nSPS) is 16.9. The lowest BCUT2D eigenvalue weighted by Gasteiger charge is -2.38. The number of piperazine rings is 1. The van der Waals surface area contributed by atoms with Gasteiger partial charge in [-0.1, -0.05) is 53.9 Å². The van der Waals surface area contributed by atoms with Crippen LogP contribution in [0.15, 0.2) is 66.9 Å². The number of carbonyl (C=O) groups excluding carboxylic acids is 1. The number of hydrogen-bond acceptors (Lipinski definition) is 3. The molecule has 2 aromatic carbocycles. The van der Waals surface area contributed by atoms with E-state index in [1.807, 2.05) is 42.5 Å². The summed E-state index contributed by atoms with van der Waals surface area (Å²) in [6, 6.07) is 19.9. The van der Waals surface area contributed by atoms with E-state index in [2.05, 4.69) is 38.6 Å². The molecule has 2 aromatic heterocycles. The fourth-order valence-corrected chi connectivity index (χ4v) is 5.49. The van der Waals surface area contributed by atoms with Crippen molar-refractivity contribution in [2.45, 2.75) is 25.8 Å². The summed E-state index contributed by atoms with van der Waals surface area (Å²) in [5.41, 5.74) is 6.20. The summed E-state index contributed by atoms with van der Waals surface area (Å²) in [5, 5.41) is 1.43. The number of nitrogens with zero attached hydrogens (tertiary/aromatic N) is 4. The van der Waals surface area contributed by atoms with Crippen molar-refractivity contribution in [1.82, 2.24) is 19.2 Å². The minimum atomic E-state index is 0.261. The van der Waals surface area contributed by atoms with Crippen molar-refractivity contribution in [2.75, 3.05) is 26.2 Å². The van der Waals surface area contributed by atoms with Crippen LogP contribution in [0.1, 0.15) is 25.0 Å². The van der Waals surface area contributed by atoms with E-state index in [0.717, 1.165) is 84.3 Å². The Morgan fingerprint density at radius 2 is 1.61 bits per heavy atom. The maximum absolute atomic E-state index is 12.7. The molecule has 2 fully saturated rings. The third-order valence-corrected chi connectivity index (χ3v) is 7.99. The van der Waals surface area contributed by atoms with E-state index in [0.29, 0.717) is 10.9 Å². The van der Waals surface area contributed by atoms with E-state index in [4.69, 9.17) is 28.2 Å². The fraction of sp³-hybridized carbons (Fsp3) is 0.310. The van der Waals surface area contributed by atoms with Gasteiger partial charge in [0.1, 0.15) is 5.65 Å². The van der Waals surface area contributed by atoms with E-state index in [1.54, 1.807) is 0 Å². The van der Waals surface area contributed by atoms with Gasteiger partial charge >= 0.3 is 0 Å². The second kappa shape index (κ2) is 9.89. The highest BCUT2D eigenvalue weighted by molar-refractivity contribution is 6.31. The Morgan fingerprint density at radius 1 is 0.861 bits per heavy atom. The van der Waals surface area contributed by atoms with Gasteiger partial charge in [0.25, 0.3) is 0 Å². The lowest BCUT2D eigenvalue weighted by Crippen LogP contribution is -2.50. The number of amides is 1. The van der Waals surface area contributed by atoms with Crippen LogP contribution in [0, 0.1) is 5.92 Å². The number of rotatable bonds is 5. The minimum Gasteiger partial charge on any atom is -0.340 e. The predicted octanol–water partition coefficient (Wildman–Crippen LogP) is 6.42. The maximum Gasteiger partial charge on any atom is 0.225 e. The summed E-state index contributed by atoms with van der Waals surface area (Å²) < 4.78 is 2.20. The van der Waals surface area contributed by atoms with Crippen molar-refractivity contribution in [3.05, 3.63) is 82.6 Å². The van der Waals surface area contributed by atoms with E-state index in [1.165, 1.54) is 6.42 Å². The summed E-state index contributed by atoms with van der Waals surface area (Å²) >= 11 is 12.4. The van der Waals surface area contributed by atoms with Gasteiger partial charge in [-0.2, -0.15) is 0 Å². The van der Waals surface area contributed by atoms with Crippen LogP contribution >= 0.6 is 23.2 Å². The van der Waals surface area contributed by atoms with Gasteiger partial charge in [-0.25, -0.2) is 4.98 Å². The predicted molar refractivity (Wildman–Crippen MR) is 145 cm³/mol. The van der Waals surface area contributed by atoms with Gasteiger partial charge in [0, 0.05) is 60.4 Å². The monoisotopic (exact) mass is 518 g/mol. The first-order chi connectivity index (χ1) is 17.5. The molecule has 6 rings (SSSR count). The summed E-state index contributed by atoms with van der Waals surface area (Å²) in [4.78, 5) is 22.2. The number of hydrogen-bond donors (Lipinski definition) is 0.